The van der Waals surface area contributed by atoms with E-state index in [9.17, 15) is 9.59 Å². The molecular formula is C31H37N3O4S. The van der Waals surface area contributed by atoms with Crippen molar-refractivity contribution in [1.82, 2.24) is 9.80 Å². The van der Waals surface area contributed by atoms with Gasteiger partial charge < -0.3 is 24.6 Å². The van der Waals surface area contributed by atoms with Crippen molar-refractivity contribution < 1.29 is 19.1 Å². The van der Waals surface area contributed by atoms with Crippen molar-refractivity contribution >= 4 is 29.0 Å². The number of thiophene rings is 1. The second-order valence-corrected chi connectivity index (χ2v) is 11.3. The van der Waals surface area contributed by atoms with Crippen LogP contribution in [0.3, 0.4) is 0 Å². The van der Waals surface area contributed by atoms with Gasteiger partial charge in [-0.05, 0) is 52.1 Å². The number of carbonyl (C=O) groups excluding carboxylic acids is 2. The van der Waals surface area contributed by atoms with E-state index in [2.05, 4.69) is 39.6 Å². The van der Waals surface area contributed by atoms with Crippen molar-refractivity contribution in [2.24, 2.45) is 0 Å². The van der Waals surface area contributed by atoms with Crippen LogP contribution in [0.25, 0.3) is 0 Å². The third kappa shape index (κ3) is 7.00. The predicted octanol–water partition coefficient (Wildman–Crippen LogP) is 6.97. The van der Waals surface area contributed by atoms with Crippen LogP contribution in [0, 0.1) is 0 Å². The van der Waals surface area contributed by atoms with Gasteiger partial charge in [0.1, 0.15) is 6.54 Å². The highest BCUT2D eigenvalue weighted by Gasteiger charge is 2.24. The fourth-order valence-electron chi connectivity index (χ4n) is 4.60. The van der Waals surface area contributed by atoms with Gasteiger partial charge >= 0.3 is 6.03 Å². The van der Waals surface area contributed by atoms with Crippen LogP contribution in [0.4, 0.5) is 10.5 Å². The first-order chi connectivity index (χ1) is 18.8. The number of para-hydroxylation sites is 1. The zero-order valence-corrected chi connectivity index (χ0v) is 23.9. The number of rotatable bonds is 11. The summed E-state index contributed by atoms with van der Waals surface area (Å²) < 4.78 is 11.0. The minimum absolute atomic E-state index is 0.0748. The van der Waals surface area contributed by atoms with Gasteiger partial charge in [0, 0.05) is 23.7 Å². The Morgan fingerprint density at radius 3 is 2.33 bits per heavy atom. The molecule has 0 fully saturated rings. The maximum Gasteiger partial charge on any atom is 0.322 e. The first-order valence-corrected chi connectivity index (χ1v) is 14.1. The van der Waals surface area contributed by atoms with E-state index in [1.54, 1.807) is 22.3 Å². The number of urea groups is 1. The Bertz CT molecular complexity index is 1280. The topological polar surface area (TPSA) is 71.1 Å². The first kappa shape index (κ1) is 28.2. The van der Waals surface area contributed by atoms with Gasteiger partial charge in [-0.2, -0.15) is 0 Å². The third-order valence-corrected chi connectivity index (χ3v) is 7.52. The predicted molar refractivity (Wildman–Crippen MR) is 157 cm³/mol. The number of nitrogens with zero attached hydrogens (tertiary/aromatic N) is 2. The average Bonchev–Trinajstić information content (AvgIpc) is 3.59. The second-order valence-electron chi connectivity index (χ2n) is 10.2. The quantitative estimate of drug-likeness (QED) is 0.263. The molecule has 3 aromatic rings. The number of ether oxygens (including phenoxy) is 2. The van der Waals surface area contributed by atoms with E-state index < -0.39 is 0 Å². The highest BCUT2D eigenvalue weighted by molar-refractivity contribution is 7.09. The summed E-state index contributed by atoms with van der Waals surface area (Å²) in [6.45, 7) is 13.5. The zero-order chi connectivity index (χ0) is 27.9. The lowest BCUT2D eigenvalue weighted by molar-refractivity contribution is -0.132. The fraction of sp³-hybridized carbons (Fsp3) is 0.355. The summed E-state index contributed by atoms with van der Waals surface area (Å²) in [4.78, 5) is 31.6. The van der Waals surface area contributed by atoms with E-state index in [-0.39, 0.29) is 43.7 Å². The Hall–Kier alpha value is -3.78. The van der Waals surface area contributed by atoms with Crippen molar-refractivity contribution in [1.29, 1.82) is 0 Å². The lowest BCUT2D eigenvalue weighted by Crippen LogP contribution is -2.44. The summed E-state index contributed by atoms with van der Waals surface area (Å²) in [7, 11) is 0. The molecule has 1 N–H and O–H groups in total. The molecule has 1 aliphatic heterocycles. The molecule has 39 heavy (non-hydrogen) atoms. The molecule has 0 spiro atoms. The van der Waals surface area contributed by atoms with Gasteiger partial charge in [0.2, 0.25) is 12.7 Å². The minimum atomic E-state index is -0.322. The molecule has 0 bridgehead atoms. The normalized spacial score (nSPS) is 12.1. The Labute approximate surface area is 235 Å². The number of fused-ring (bicyclic) bond motifs is 1. The van der Waals surface area contributed by atoms with E-state index >= 15 is 0 Å². The van der Waals surface area contributed by atoms with Gasteiger partial charge in [-0.15, -0.1) is 17.9 Å². The lowest BCUT2D eigenvalue weighted by Gasteiger charge is -2.28. The Morgan fingerprint density at radius 2 is 1.69 bits per heavy atom. The van der Waals surface area contributed by atoms with Crippen LogP contribution in [0.2, 0.25) is 0 Å². The van der Waals surface area contributed by atoms with Crippen molar-refractivity contribution in [2.45, 2.75) is 52.6 Å². The summed E-state index contributed by atoms with van der Waals surface area (Å²) >= 11 is 1.60. The zero-order valence-electron chi connectivity index (χ0n) is 23.1. The third-order valence-electron chi connectivity index (χ3n) is 6.66. The van der Waals surface area contributed by atoms with Gasteiger partial charge in [0.05, 0.1) is 6.54 Å². The molecule has 4 rings (SSSR count). The first-order valence-electron chi connectivity index (χ1n) is 13.2. The number of anilines is 1. The van der Waals surface area contributed by atoms with Crippen LogP contribution >= 0.6 is 11.3 Å². The summed E-state index contributed by atoms with van der Waals surface area (Å²) in [5, 5.41) is 5.13. The van der Waals surface area contributed by atoms with Crippen molar-refractivity contribution in [2.75, 3.05) is 25.2 Å². The van der Waals surface area contributed by atoms with Crippen molar-refractivity contribution in [3.05, 3.63) is 88.1 Å². The highest BCUT2D eigenvalue weighted by Crippen LogP contribution is 2.34. The molecule has 206 valence electrons. The largest absolute Gasteiger partial charge is 0.454 e. The van der Waals surface area contributed by atoms with Gasteiger partial charge in [0.25, 0.3) is 0 Å². The molecular weight excluding hydrogens is 510 g/mol. The minimum Gasteiger partial charge on any atom is -0.454 e. The van der Waals surface area contributed by atoms with Crippen LogP contribution in [-0.4, -0.2) is 41.6 Å². The molecule has 0 saturated carbocycles. The molecule has 7 nitrogen and oxygen atoms in total. The van der Waals surface area contributed by atoms with Crippen molar-refractivity contribution in [3.63, 3.8) is 0 Å². The molecule has 1 aliphatic rings. The standard InChI is InChI=1S/C31H37N3O4S/c1-6-14-33(31(36)32-30-25(21(2)3)10-7-11-26(30)22(4)5)19-29(35)34(18-24-9-8-15-39-24)17-23-12-13-27-28(16-23)38-20-37-27/h6-13,15-16,21-22H,1,14,17-20H2,2-5H3,(H,32,36). The molecule has 0 saturated heterocycles. The molecule has 3 amide bonds. The maximum atomic E-state index is 13.7. The summed E-state index contributed by atoms with van der Waals surface area (Å²) in [5.74, 6) is 1.69. The Kier molecular flexibility index (Phi) is 9.30. The number of amides is 3. The molecule has 0 unspecified atom stereocenters. The Morgan fingerprint density at radius 1 is 0.974 bits per heavy atom. The summed E-state index contributed by atoms with van der Waals surface area (Å²) in [6.07, 6.45) is 1.64. The van der Waals surface area contributed by atoms with E-state index in [4.69, 9.17) is 9.47 Å². The van der Waals surface area contributed by atoms with Gasteiger partial charge in [0.15, 0.2) is 11.5 Å². The van der Waals surface area contributed by atoms with Gasteiger partial charge in [-0.25, -0.2) is 4.79 Å². The molecule has 0 atom stereocenters. The van der Waals surface area contributed by atoms with E-state index in [0.717, 1.165) is 27.3 Å². The number of nitrogens with one attached hydrogen (secondary N) is 1. The monoisotopic (exact) mass is 547 g/mol. The summed E-state index contributed by atoms with van der Waals surface area (Å²) in [5.41, 5.74) is 3.89. The molecule has 1 aromatic heterocycles. The van der Waals surface area contributed by atoms with E-state index in [0.29, 0.717) is 24.6 Å². The molecule has 2 heterocycles. The Balaban J connectivity index is 1.55. The van der Waals surface area contributed by atoms with E-state index in [1.807, 2.05) is 53.9 Å². The SMILES string of the molecule is C=CCN(CC(=O)N(Cc1ccc2c(c1)OCO2)Cc1cccs1)C(=O)Nc1c(C(C)C)cccc1C(C)C. The maximum absolute atomic E-state index is 13.7. The van der Waals surface area contributed by atoms with Crippen molar-refractivity contribution in [3.8, 4) is 11.5 Å². The smallest absolute Gasteiger partial charge is 0.322 e. The number of benzene rings is 2. The average molecular weight is 548 g/mol. The highest BCUT2D eigenvalue weighted by atomic mass is 32.1. The summed E-state index contributed by atoms with van der Waals surface area (Å²) in [6, 6.07) is 15.5. The molecule has 8 heteroatoms. The van der Waals surface area contributed by atoms with Crippen LogP contribution in [0.15, 0.2) is 66.6 Å². The van der Waals surface area contributed by atoms with Crippen LogP contribution in [-0.2, 0) is 17.9 Å². The molecule has 0 aliphatic carbocycles. The molecule has 0 radical (unpaired) electrons. The lowest BCUT2D eigenvalue weighted by atomic mass is 9.93. The van der Waals surface area contributed by atoms with E-state index in [1.165, 1.54) is 4.90 Å². The van der Waals surface area contributed by atoms with Crippen LogP contribution in [0.5, 0.6) is 11.5 Å². The number of hydrogen-bond donors (Lipinski definition) is 1. The number of carbonyl (C=O) groups is 2. The van der Waals surface area contributed by atoms with Crippen LogP contribution in [0.1, 0.15) is 61.1 Å². The fourth-order valence-corrected chi connectivity index (χ4v) is 5.32. The second kappa shape index (κ2) is 12.8. The van der Waals surface area contributed by atoms with Gasteiger partial charge in [-0.1, -0.05) is 64.1 Å². The van der Waals surface area contributed by atoms with Gasteiger partial charge in [-0.3, -0.25) is 4.79 Å². The molecule has 2 aromatic carbocycles. The number of hydrogen-bond acceptors (Lipinski definition) is 5. The van der Waals surface area contributed by atoms with Crippen LogP contribution < -0.4 is 14.8 Å².